The molecule has 9 heteroatoms. The molecule has 1 aliphatic rings. The van der Waals surface area contributed by atoms with Gasteiger partial charge in [-0.15, -0.1) is 11.3 Å². The van der Waals surface area contributed by atoms with Gasteiger partial charge in [0.2, 0.25) is 5.91 Å². The minimum absolute atomic E-state index is 0.146. The first kappa shape index (κ1) is 21.2. The molecule has 2 heterocycles. The number of aryl methyl sites for hydroxylation is 2. The third-order valence-electron chi connectivity index (χ3n) is 5.63. The SMILES string of the molecule is Cc1sc2c(c1C)c(=O)n(-c1ccc(Cl)c(Cl)c1)c(=O)n2CC(=O)NC1CCCC1. The first-order valence-electron chi connectivity index (χ1n) is 9.78. The van der Waals surface area contributed by atoms with Crippen LogP contribution >= 0.6 is 34.5 Å². The van der Waals surface area contributed by atoms with Crippen LogP contribution in [0.25, 0.3) is 15.9 Å². The number of hydrogen-bond acceptors (Lipinski definition) is 4. The highest BCUT2D eigenvalue weighted by atomic mass is 35.5. The molecule has 0 aliphatic heterocycles. The summed E-state index contributed by atoms with van der Waals surface area (Å²) in [4.78, 5) is 40.8. The van der Waals surface area contributed by atoms with Crippen molar-refractivity contribution in [2.24, 2.45) is 0 Å². The van der Waals surface area contributed by atoms with Crippen LogP contribution < -0.4 is 16.6 Å². The molecule has 1 amide bonds. The lowest BCUT2D eigenvalue weighted by molar-refractivity contribution is -0.122. The summed E-state index contributed by atoms with van der Waals surface area (Å²) in [5.74, 6) is -0.228. The fourth-order valence-electron chi connectivity index (χ4n) is 3.94. The summed E-state index contributed by atoms with van der Waals surface area (Å²) < 4.78 is 2.45. The maximum atomic E-state index is 13.4. The minimum atomic E-state index is -0.575. The van der Waals surface area contributed by atoms with Crippen LogP contribution in [0.2, 0.25) is 10.0 Å². The molecule has 30 heavy (non-hydrogen) atoms. The number of amides is 1. The van der Waals surface area contributed by atoms with E-state index in [1.165, 1.54) is 28.0 Å². The third kappa shape index (κ3) is 3.70. The Balaban J connectivity index is 1.89. The zero-order chi connectivity index (χ0) is 21.6. The predicted octanol–water partition coefficient (Wildman–Crippen LogP) is 4.20. The average molecular weight is 466 g/mol. The number of fused-ring (bicyclic) bond motifs is 1. The number of aromatic nitrogens is 2. The summed E-state index contributed by atoms with van der Waals surface area (Å²) in [6.07, 6.45) is 4.10. The molecule has 1 aromatic carbocycles. The van der Waals surface area contributed by atoms with Crippen molar-refractivity contribution in [3.8, 4) is 5.69 Å². The van der Waals surface area contributed by atoms with Crippen LogP contribution in [0.3, 0.4) is 0 Å². The van der Waals surface area contributed by atoms with Gasteiger partial charge in [0.05, 0.1) is 21.1 Å². The van der Waals surface area contributed by atoms with E-state index in [2.05, 4.69) is 5.32 Å². The van der Waals surface area contributed by atoms with E-state index in [-0.39, 0.29) is 23.5 Å². The Hall–Kier alpha value is -2.09. The van der Waals surface area contributed by atoms with Crippen LogP contribution in [0.1, 0.15) is 36.1 Å². The normalized spacial score (nSPS) is 14.5. The van der Waals surface area contributed by atoms with E-state index >= 15 is 0 Å². The second kappa shape index (κ2) is 8.21. The van der Waals surface area contributed by atoms with E-state index < -0.39 is 11.2 Å². The van der Waals surface area contributed by atoms with Crippen LogP contribution in [-0.4, -0.2) is 21.1 Å². The second-order valence-electron chi connectivity index (χ2n) is 7.62. The summed E-state index contributed by atoms with van der Waals surface area (Å²) in [6, 6.07) is 4.74. The van der Waals surface area contributed by atoms with Crippen LogP contribution in [0, 0.1) is 13.8 Å². The number of carbonyl (C=O) groups is 1. The van der Waals surface area contributed by atoms with E-state index in [0.29, 0.717) is 20.9 Å². The summed E-state index contributed by atoms with van der Waals surface area (Å²) in [7, 11) is 0. The highest BCUT2D eigenvalue weighted by Crippen LogP contribution is 2.28. The molecular weight excluding hydrogens is 445 g/mol. The van der Waals surface area contributed by atoms with Gasteiger partial charge < -0.3 is 5.32 Å². The van der Waals surface area contributed by atoms with E-state index in [1.54, 1.807) is 6.07 Å². The van der Waals surface area contributed by atoms with Gasteiger partial charge in [-0.1, -0.05) is 36.0 Å². The third-order valence-corrected chi connectivity index (χ3v) is 7.60. The molecule has 0 atom stereocenters. The van der Waals surface area contributed by atoms with Gasteiger partial charge in [-0.05, 0) is 50.5 Å². The number of benzene rings is 1. The summed E-state index contributed by atoms with van der Waals surface area (Å²) in [6.45, 7) is 3.60. The Morgan fingerprint density at radius 3 is 2.53 bits per heavy atom. The van der Waals surface area contributed by atoms with Gasteiger partial charge in [-0.3, -0.25) is 14.2 Å². The molecule has 3 aromatic rings. The largest absolute Gasteiger partial charge is 0.352 e. The molecule has 158 valence electrons. The lowest BCUT2D eigenvalue weighted by atomic mass is 10.2. The Bertz CT molecular complexity index is 1270. The lowest BCUT2D eigenvalue weighted by Crippen LogP contribution is -2.43. The van der Waals surface area contributed by atoms with Crippen LogP contribution in [0.15, 0.2) is 27.8 Å². The van der Waals surface area contributed by atoms with E-state index in [4.69, 9.17) is 23.2 Å². The fourth-order valence-corrected chi connectivity index (χ4v) is 5.37. The summed E-state index contributed by atoms with van der Waals surface area (Å²) in [5.41, 5.74) is 0.115. The van der Waals surface area contributed by atoms with E-state index in [9.17, 15) is 14.4 Å². The number of halogens is 2. The number of nitrogens with one attached hydrogen (secondary N) is 1. The van der Waals surface area contributed by atoms with Crippen molar-refractivity contribution < 1.29 is 4.79 Å². The number of carbonyl (C=O) groups excluding carboxylic acids is 1. The molecule has 0 unspecified atom stereocenters. The van der Waals surface area contributed by atoms with Gasteiger partial charge in [-0.2, -0.15) is 0 Å². The lowest BCUT2D eigenvalue weighted by Gasteiger charge is -2.15. The molecule has 6 nitrogen and oxygen atoms in total. The van der Waals surface area contributed by atoms with Crippen molar-refractivity contribution in [1.82, 2.24) is 14.5 Å². The van der Waals surface area contributed by atoms with Gasteiger partial charge in [0.25, 0.3) is 5.56 Å². The molecule has 1 fully saturated rings. The molecule has 1 aliphatic carbocycles. The van der Waals surface area contributed by atoms with Crippen LogP contribution in [0.4, 0.5) is 0 Å². The Labute approximate surface area is 187 Å². The minimum Gasteiger partial charge on any atom is -0.352 e. The standard InChI is InChI=1S/C21H21Cl2N3O3S/c1-11-12(2)30-20-18(11)19(28)26(14-7-8-15(22)16(23)9-14)21(29)25(20)10-17(27)24-13-5-3-4-6-13/h7-9,13H,3-6,10H2,1-2H3,(H,24,27). The molecule has 1 saturated carbocycles. The Morgan fingerprint density at radius 2 is 1.87 bits per heavy atom. The van der Waals surface area contributed by atoms with Gasteiger partial charge in [-0.25, -0.2) is 9.36 Å². The molecule has 4 rings (SSSR count). The molecule has 1 N–H and O–H groups in total. The van der Waals surface area contributed by atoms with Crippen molar-refractivity contribution in [1.29, 1.82) is 0 Å². The first-order chi connectivity index (χ1) is 14.3. The van der Waals surface area contributed by atoms with Crippen molar-refractivity contribution in [3.05, 3.63) is 59.5 Å². The van der Waals surface area contributed by atoms with Crippen LogP contribution in [-0.2, 0) is 11.3 Å². The summed E-state index contributed by atoms with van der Waals surface area (Å²) >= 11 is 13.5. The summed E-state index contributed by atoms with van der Waals surface area (Å²) in [5, 5.41) is 4.02. The molecule has 0 spiro atoms. The number of nitrogens with zero attached hydrogens (tertiary/aromatic N) is 2. The maximum Gasteiger partial charge on any atom is 0.337 e. The second-order valence-corrected chi connectivity index (χ2v) is 9.64. The number of hydrogen-bond donors (Lipinski definition) is 1. The first-order valence-corrected chi connectivity index (χ1v) is 11.4. The number of rotatable bonds is 4. The van der Waals surface area contributed by atoms with Crippen LogP contribution in [0.5, 0.6) is 0 Å². The van der Waals surface area contributed by atoms with Gasteiger partial charge in [0, 0.05) is 10.9 Å². The highest BCUT2D eigenvalue weighted by molar-refractivity contribution is 7.18. The molecule has 2 aromatic heterocycles. The Kier molecular flexibility index (Phi) is 5.79. The molecule has 0 bridgehead atoms. The Morgan fingerprint density at radius 1 is 1.17 bits per heavy atom. The highest BCUT2D eigenvalue weighted by Gasteiger charge is 2.23. The molecule has 0 radical (unpaired) electrons. The van der Waals surface area contributed by atoms with Gasteiger partial charge in [0.1, 0.15) is 11.4 Å². The van der Waals surface area contributed by atoms with E-state index in [0.717, 1.165) is 40.7 Å². The van der Waals surface area contributed by atoms with Crippen molar-refractivity contribution >= 4 is 50.7 Å². The fraction of sp³-hybridized carbons (Fsp3) is 0.381. The smallest absolute Gasteiger partial charge is 0.337 e. The quantitative estimate of drug-likeness (QED) is 0.627. The van der Waals surface area contributed by atoms with Crippen molar-refractivity contribution in [2.45, 2.75) is 52.1 Å². The topological polar surface area (TPSA) is 73.1 Å². The van der Waals surface area contributed by atoms with Crippen molar-refractivity contribution in [2.75, 3.05) is 0 Å². The zero-order valence-electron chi connectivity index (χ0n) is 16.6. The molecule has 0 saturated heterocycles. The zero-order valence-corrected chi connectivity index (χ0v) is 19.0. The van der Waals surface area contributed by atoms with Crippen molar-refractivity contribution in [3.63, 3.8) is 0 Å². The van der Waals surface area contributed by atoms with E-state index in [1.807, 2.05) is 13.8 Å². The average Bonchev–Trinajstić information content (AvgIpc) is 3.30. The molecular formula is C21H21Cl2N3O3S. The number of thiophene rings is 1. The van der Waals surface area contributed by atoms with Gasteiger partial charge in [0.15, 0.2) is 0 Å². The monoisotopic (exact) mass is 465 g/mol. The van der Waals surface area contributed by atoms with Gasteiger partial charge >= 0.3 is 5.69 Å². The maximum absolute atomic E-state index is 13.4. The predicted molar refractivity (Wildman–Crippen MR) is 122 cm³/mol.